The van der Waals surface area contributed by atoms with Crippen LogP contribution in [0.1, 0.15) is 33.1 Å². The fourth-order valence-corrected chi connectivity index (χ4v) is 2.95. The summed E-state index contributed by atoms with van der Waals surface area (Å²) in [4.78, 5) is 11.9. The van der Waals surface area contributed by atoms with Crippen LogP contribution in [0.5, 0.6) is 0 Å². The van der Waals surface area contributed by atoms with E-state index in [4.69, 9.17) is 4.74 Å². The van der Waals surface area contributed by atoms with E-state index in [2.05, 4.69) is 5.32 Å². The van der Waals surface area contributed by atoms with Gasteiger partial charge < -0.3 is 20.3 Å². The Kier molecular flexibility index (Phi) is 3.52. The van der Waals surface area contributed by atoms with Crippen LogP contribution >= 0.6 is 0 Å². The molecule has 1 aliphatic heterocycles. The molecule has 1 fully saturated rings. The molecule has 0 aromatic heterocycles. The number of hydrogen-bond donors (Lipinski definition) is 3. The van der Waals surface area contributed by atoms with E-state index in [1.54, 1.807) is 0 Å². The maximum atomic E-state index is 11.9. The molecule has 3 N–H and O–H groups in total. The molecule has 0 spiro atoms. The van der Waals surface area contributed by atoms with E-state index in [0.29, 0.717) is 6.42 Å². The van der Waals surface area contributed by atoms with E-state index in [1.165, 1.54) is 6.26 Å². The van der Waals surface area contributed by atoms with Crippen LogP contribution in [0.2, 0.25) is 0 Å². The molecule has 2 unspecified atom stereocenters. The van der Waals surface area contributed by atoms with E-state index in [9.17, 15) is 15.0 Å². The van der Waals surface area contributed by atoms with Crippen molar-refractivity contribution in [2.45, 2.75) is 38.8 Å². The molecular weight excluding hydrogens is 234 g/mol. The van der Waals surface area contributed by atoms with Gasteiger partial charge in [0, 0.05) is 12.3 Å². The fraction of sp³-hybridized carbons (Fsp3) is 0.769. The van der Waals surface area contributed by atoms with Crippen LogP contribution in [0, 0.1) is 17.8 Å². The average Bonchev–Trinajstić information content (AvgIpc) is 2.76. The van der Waals surface area contributed by atoms with Crippen LogP contribution in [0.15, 0.2) is 12.0 Å². The van der Waals surface area contributed by atoms with Gasteiger partial charge >= 0.3 is 0 Å². The molecule has 18 heavy (non-hydrogen) atoms. The normalized spacial score (nSPS) is 34.1. The van der Waals surface area contributed by atoms with Crippen molar-refractivity contribution in [2.24, 2.45) is 17.8 Å². The Hall–Kier alpha value is -1.23. The molecular formula is C13H21NO4. The molecule has 5 nitrogen and oxygen atoms in total. The average molecular weight is 255 g/mol. The highest BCUT2D eigenvalue weighted by atomic mass is 16.5. The minimum atomic E-state index is -0.940. The molecule has 102 valence electrons. The summed E-state index contributed by atoms with van der Waals surface area (Å²) < 4.78 is 5.53. The first-order valence-corrected chi connectivity index (χ1v) is 6.48. The number of aliphatic hydroxyl groups excluding tert-OH is 2. The number of hydrogen-bond acceptors (Lipinski definition) is 4. The minimum Gasteiger partial charge on any atom is -0.509 e. The van der Waals surface area contributed by atoms with Crippen molar-refractivity contribution < 1.29 is 19.7 Å². The van der Waals surface area contributed by atoms with Crippen LogP contribution in [0.4, 0.5) is 0 Å². The van der Waals surface area contributed by atoms with Crippen LogP contribution in [0.25, 0.3) is 0 Å². The van der Waals surface area contributed by atoms with Crippen LogP contribution in [-0.4, -0.2) is 28.5 Å². The second-order valence-electron chi connectivity index (χ2n) is 5.61. The lowest BCUT2D eigenvalue weighted by molar-refractivity contribution is -0.135. The molecule has 0 aromatic carbocycles. The highest BCUT2D eigenvalue weighted by Crippen LogP contribution is 2.48. The van der Waals surface area contributed by atoms with E-state index in [-0.39, 0.29) is 36.0 Å². The lowest BCUT2D eigenvalue weighted by Crippen LogP contribution is -2.56. The standard InChI is InChI=1S/C13H21NO4/c1-8(2)5-12(17)14-13-9(6-15)3-4-10(13)11(16)7-18-13/h7-10,15-16H,3-6H2,1-2H3,(H,14,17)/t9?,10-,13?/m1/s1. The van der Waals surface area contributed by atoms with Crippen molar-refractivity contribution in [3.05, 3.63) is 12.0 Å². The predicted octanol–water partition coefficient (Wildman–Crippen LogP) is 1.29. The Morgan fingerprint density at radius 1 is 1.61 bits per heavy atom. The number of aliphatic hydroxyl groups is 2. The lowest BCUT2D eigenvalue weighted by Gasteiger charge is -2.35. The Morgan fingerprint density at radius 2 is 2.33 bits per heavy atom. The van der Waals surface area contributed by atoms with Crippen molar-refractivity contribution in [1.29, 1.82) is 0 Å². The number of carbonyl (C=O) groups excluding carboxylic acids is 1. The van der Waals surface area contributed by atoms with Gasteiger partial charge in [-0.3, -0.25) is 4.79 Å². The third-order valence-electron chi connectivity index (χ3n) is 3.81. The van der Waals surface area contributed by atoms with Gasteiger partial charge in [0.1, 0.15) is 12.0 Å². The minimum absolute atomic E-state index is 0.0560. The van der Waals surface area contributed by atoms with Gasteiger partial charge in [-0.2, -0.15) is 0 Å². The fourth-order valence-electron chi connectivity index (χ4n) is 2.95. The maximum absolute atomic E-state index is 11.9. The number of ether oxygens (including phenoxy) is 1. The molecule has 5 heteroatoms. The highest BCUT2D eigenvalue weighted by Gasteiger charge is 2.57. The maximum Gasteiger partial charge on any atom is 0.223 e. The molecule has 0 saturated heterocycles. The molecule has 0 radical (unpaired) electrons. The molecule has 2 aliphatic rings. The van der Waals surface area contributed by atoms with Gasteiger partial charge in [0.2, 0.25) is 5.91 Å². The summed E-state index contributed by atoms with van der Waals surface area (Å²) in [6.07, 6.45) is 3.16. The van der Waals surface area contributed by atoms with Gasteiger partial charge in [-0.1, -0.05) is 13.8 Å². The first-order valence-electron chi connectivity index (χ1n) is 6.48. The molecule has 2 rings (SSSR count). The quantitative estimate of drug-likeness (QED) is 0.707. The van der Waals surface area contributed by atoms with Crippen molar-refractivity contribution in [3.63, 3.8) is 0 Å². The monoisotopic (exact) mass is 255 g/mol. The first-order chi connectivity index (χ1) is 8.49. The van der Waals surface area contributed by atoms with Gasteiger partial charge in [0.15, 0.2) is 5.72 Å². The number of carbonyl (C=O) groups is 1. The largest absolute Gasteiger partial charge is 0.509 e. The van der Waals surface area contributed by atoms with E-state index < -0.39 is 5.72 Å². The van der Waals surface area contributed by atoms with Gasteiger partial charge in [-0.25, -0.2) is 0 Å². The summed E-state index contributed by atoms with van der Waals surface area (Å²) in [5.74, 6) is -0.0729. The Morgan fingerprint density at radius 3 is 2.94 bits per heavy atom. The van der Waals surface area contributed by atoms with Crippen molar-refractivity contribution in [2.75, 3.05) is 6.61 Å². The number of amides is 1. The van der Waals surface area contributed by atoms with Gasteiger partial charge in [-0.15, -0.1) is 0 Å². The second-order valence-corrected chi connectivity index (χ2v) is 5.61. The van der Waals surface area contributed by atoms with Gasteiger partial charge in [0.05, 0.1) is 12.5 Å². The van der Waals surface area contributed by atoms with Crippen molar-refractivity contribution in [3.8, 4) is 0 Å². The Bertz CT molecular complexity index is 366. The molecule has 0 aromatic rings. The molecule has 1 saturated carbocycles. The summed E-state index contributed by atoms with van der Waals surface area (Å²) in [6.45, 7) is 3.88. The number of rotatable bonds is 4. The Labute approximate surface area is 107 Å². The second kappa shape index (κ2) is 4.80. The SMILES string of the molecule is CC(C)CC(=O)NC12OC=C(O)[C@H]1CCC2CO. The molecule has 1 aliphatic carbocycles. The van der Waals surface area contributed by atoms with Crippen LogP contribution in [0.3, 0.4) is 0 Å². The number of nitrogens with one attached hydrogen (secondary N) is 1. The highest BCUT2D eigenvalue weighted by molar-refractivity contribution is 5.77. The summed E-state index contributed by atoms with van der Waals surface area (Å²) in [5.41, 5.74) is -0.940. The molecule has 3 atom stereocenters. The van der Waals surface area contributed by atoms with E-state index in [1.807, 2.05) is 13.8 Å². The van der Waals surface area contributed by atoms with Crippen molar-refractivity contribution in [1.82, 2.24) is 5.32 Å². The Balaban J connectivity index is 2.13. The van der Waals surface area contributed by atoms with Crippen molar-refractivity contribution >= 4 is 5.91 Å². The van der Waals surface area contributed by atoms with Crippen LogP contribution in [-0.2, 0) is 9.53 Å². The van der Waals surface area contributed by atoms with E-state index in [0.717, 1.165) is 12.8 Å². The topological polar surface area (TPSA) is 78.8 Å². The molecule has 0 bridgehead atoms. The smallest absolute Gasteiger partial charge is 0.223 e. The van der Waals surface area contributed by atoms with E-state index >= 15 is 0 Å². The predicted molar refractivity (Wildman–Crippen MR) is 65.4 cm³/mol. The number of fused-ring (bicyclic) bond motifs is 1. The zero-order chi connectivity index (χ0) is 13.3. The lowest BCUT2D eigenvalue weighted by atomic mass is 9.92. The van der Waals surface area contributed by atoms with Gasteiger partial charge in [-0.05, 0) is 18.8 Å². The third kappa shape index (κ3) is 2.07. The van der Waals surface area contributed by atoms with Crippen LogP contribution < -0.4 is 5.32 Å². The van der Waals surface area contributed by atoms with Gasteiger partial charge in [0.25, 0.3) is 0 Å². The summed E-state index contributed by atoms with van der Waals surface area (Å²) in [7, 11) is 0. The third-order valence-corrected chi connectivity index (χ3v) is 3.81. The first kappa shape index (κ1) is 13.2. The zero-order valence-electron chi connectivity index (χ0n) is 10.8. The molecule has 1 heterocycles. The summed E-state index contributed by atoms with van der Waals surface area (Å²) >= 11 is 0. The molecule has 1 amide bonds. The summed E-state index contributed by atoms with van der Waals surface area (Å²) in [5, 5.41) is 22.1. The zero-order valence-corrected chi connectivity index (χ0v) is 10.8. The summed E-state index contributed by atoms with van der Waals surface area (Å²) in [6, 6.07) is 0.